The van der Waals surface area contributed by atoms with Crippen molar-refractivity contribution in [1.29, 1.82) is 0 Å². The van der Waals surface area contributed by atoms with E-state index < -0.39 is 0 Å². The SMILES string of the molecule is CSCC[C@H](NC(=O)CCCOc1cccc(C)c1)c1nc2ccccc2[nH]1. The van der Waals surface area contributed by atoms with Crippen LogP contribution in [0, 0.1) is 6.92 Å². The lowest BCUT2D eigenvalue weighted by Gasteiger charge is -2.16. The smallest absolute Gasteiger partial charge is 0.220 e. The van der Waals surface area contributed by atoms with Gasteiger partial charge in [-0.05, 0) is 61.6 Å². The number of benzene rings is 2. The van der Waals surface area contributed by atoms with Gasteiger partial charge in [-0.2, -0.15) is 11.8 Å². The molecule has 1 amide bonds. The summed E-state index contributed by atoms with van der Waals surface area (Å²) in [5.41, 5.74) is 3.08. The lowest BCUT2D eigenvalue weighted by Crippen LogP contribution is -2.29. The lowest BCUT2D eigenvalue weighted by molar-refractivity contribution is -0.122. The minimum atomic E-state index is -0.106. The van der Waals surface area contributed by atoms with Crippen LogP contribution in [-0.4, -0.2) is 34.5 Å². The Bertz CT molecular complexity index is 876. The fourth-order valence-electron chi connectivity index (χ4n) is 3.04. The molecule has 0 bridgehead atoms. The van der Waals surface area contributed by atoms with Gasteiger partial charge in [0.05, 0.1) is 23.7 Å². The van der Waals surface area contributed by atoms with Gasteiger partial charge in [-0.25, -0.2) is 4.98 Å². The first-order valence-electron chi connectivity index (χ1n) is 9.58. The number of imidazole rings is 1. The van der Waals surface area contributed by atoms with E-state index in [1.54, 1.807) is 11.8 Å². The van der Waals surface area contributed by atoms with Crippen LogP contribution < -0.4 is 10.1 Å². The number of carbonyl (C=O) groups excluding carboxylic acids is 1. The monoisotopic (exact) mass is 397 g/mol. The molecule has 0 spiro atoms. The zero-order chi connectivity index (χ0) is 19.8. The second-order valence-electron chi connectivity index (χ2n) is 6.81. The van der Waals surface area contributed by atoms with Crippen LogP contribution in [-0.2, 0) is 4.79 Å². The number of hydrogen-bond acceptors (Lipinski definition) is 4. The molecule has 2 N–H and O–H groups in total. The summed E-state index contributed by atoms with van der Waals surface area (Å²) in [6.45, 7) is 2.56. The first kappa shape index (κ1) is 20.3. The Balaban J connectivity index is 1.52. The van der Waals surface area contributed by atoms with E-state index in [-0.39, 0.29) is 11.9 Å². The number of aryl methyl sites for hydroxylation is 1. The number of fused-ring (bicyclic) bond motifs is 1. The van der Waals surface area contributed by atoms with Gasteiger partial charge in [0, 0.05) is 6.42 Å². The number of aromatic nitrogens is 2. The number of hydrogen-bond donors (Lipinski definition) is 2. The summed E-state index contributed by atoms with van der Waals surface area (Å²) < 4.78 is 5.73. The minimum Gasteiger partial charge on any atom is -0.494 e. The fourth-order valence-corrected chi connectivity index (χ4v) is 3.52. The van der Waals surface area contributed by atoms with Gasteiger partial charge >= 0.3 is 0 Å². The standard InChI is InChI=1S/C22H27N3O2S/c1-16-7-5-8-17(15-16)27-13-6-11-21(26)23-20(12-14-28-2)22-24-18-9-3-4-10-19(18)25-22/h3-5,7-10,15,20H,6,11-14H2,1-2H3,(H,23,26)(H,24,25)/t20-/m0/s1. The Morgan fingerprint density at radius 1 is 1.25 bits per heavy atom. The molecule has 0 radical (unpaired) electrons. The summed E-state index contributed by atoms with van der Waals surface area (Å²) in [5, 5.41) is 3.14. The van der Waals surface area contributed by atoms with Crippen molar-refractivity contribution in [1.82, 2.24) is 15.3 Å². The van der Waals surface area contributed by atoms with Gasteiger partial charge in [0.25, 0.3) is 0 Å². The molecule has 0 saturated heterocycles. The number of H-pyrrole nitrogens is 1. The first-order chi connectivity index (χ1) is 13.7. The van der Waals surface area contributed by atoms with E-state index in [2.05, 4.69) is 21.5 Å². The van der Waals surface area contributed by atoms with Gasteiger partial charge in [0.1, 0.15) is 11.6 Å². The molecule has 0 aliphatic carbocycles. The van der Waals surface area contributed by atoms with Gasteiger partial charge in [-0.1, -0.05) is 24.3 Å². The number of amides is 1. The van der Waals surface area contributed by atoms with E-state index in [9.17, 15) is 4.79 Å². The highest BCUT2D eigenvalue weighted by Crippen LogP contribution is 2.20. The molecule has 1 heterocycles. The van der Waals surface area contributed by atoms with Gasteiger partial charge < -0.3 is 15.0 Å². The summed E-state index contributed by atoms with van der Waals surface area (Å²) in [6, 6.07) is 15.8. The third kappa shape index (κ3) is 5.76. The number of rotatable bonds is 10. The van der Waals surface area contributed by atoms with E-state index in [0.29, 0.717) is 19.4 Å². The molecule has 0 unspecified atom stereocenters. The van der Waals surface area contributed by atoms with Gasteiger partial charge in [-0.3, -0.25) is 4.79 Å². The molecule has 6 heteroatoms. The van der Waals surface area contributed by atoms with E-state index in [1.165, 1.54) is 0 Å². The highest BCUT2D eigenvalue weighted by molar-refractivity contribution is 7.98. The molecule has 3 rings (SSSR count). The molecule has 1 aromatic heterocycles. The Hall–Kier alpha value is -2.47. The average Bonchev–Trinajstić information content (AvgIpc) is 3.12. The van der Waals surface area contributed by atoms with Gasteiger partial charge in [0.15, 0.2) is 0 Å². The van der Waals surface area contributed by atoms with Crippen molar-refractivity contribution < 1.29 is 9.53 Å². The largest absolute Gasteiger partial charge is 0.494 e. The molecule has 5 nitrogen and oxygen atoms in total. The fraction of sp³-hybridized carbons (Fsp3) is 0.364. The second-order valence-corrected chi connectivity index (χ2v) is 7.79. The van der Waals surface area contributed by atoms with Crippen molar-refractivity contribution in [3.05, 3.63) is 59.9 Å². The molecule has 28 heavy (non-hydrogen) atoms. The Morgan fingerprint density at radius 2 is 2.11 bits per heavy atom. The number of nitrogens with zero attached hydrogens (tertiary/aromatic N) is 1. The zero-order valence-electron chi connectivity index (χ0n) is 16.4. The molecule has 3 aromatic rings. The van der Waals surface area contributed by atoms with Crippen molar-refractivity contribution in [3.8, 4) is 5.75 Å². The van der Waals surface area contributed by atoms with E-state index in [0.717, 1.165) is 40.3 Å². The van der Waals surface area contributed by atoms with E-state index >= 15 is 0 Å². The van der Waals surface area contributed by atoms with Crippen LogP contribution in [0.2, 0.25) is 0 Å². The highest BCUT2D eigenvalue weighted by atomic mass is 32.2. The molecule has 0 aliphatic heterocycles. The van der Waals surface area contributed by atoms with Gasteiger partial charge in [0.2, 0.25) is 5.91 Å². The van der Waals surface area contributed by atoms with Crippen LogP contribution in [0.3, 0.4) is 0 Å². The normalized spacial score (nSPS) is 12.1. The zero-order valence-corrected chi connectivity index (χ0v) is 17.2. The molecule has 0 aliphatic rings. The van der Waals surface area contributed by atoms with E-state index in [1.807, 2.05) is 55.5 Å². The summed E-state index contributed by atoms with van der Waals surface area (Å²) in [7, 11) is 0. The topological polar surface area (TPSA) is 67.0 Å². The number of aromatic amines is 1. The summed E-state index contributed by atoms with van der Waals surface area (Å²) in [5.74, 6) is 2.65. The van der Waals surface area contributed by atoms with Crippen LogP contribution in [0.5, 0.6) is 5.75 Å². The van der Waals surface area contributed by atoms with Crippen LogP contribution >= 0.6 is 11.8 Å². The lowest BCUT2D eigenvalue weighted by atomic mass is 10.2. The number of carbonyl (C=O) groups is 1. The van der Waals surface area contributed by atoms with Crippen molar-refractivity contribution in [2.75, 3.05) is 18.6 Å². The first-order valence-corrected chi connectivity index (χ1v) is 11.0. The second kappa shape index (κ2) is 10.2. The molecule has 1 atom stereocenters. The van der Waals surface area contributed by atoms with Crippen molar-refractivity contribution in [2.45, 2.75) is 32.2 Å². The Morgan fingerprint density at radius 3 is 2.89 bits per heavy atom. The quantitative estimate of drug-likeness (QED) is 0.489. The molecule has 2 aromatic carbocycles. The number of para-hydroxylation sites is 2. The minimum absolute atomic E-state index is 0.0272. The Labute approximate surface area is 170 Å². The molecular formula is C22H27N3O2S. The average molecular weight is 398 g/mol. The molecule has 0 fully saturated rings. The number of nitrogens with one attached hydrogen (secondary N) is 2. The predicted molar refractivity (Wildman–Crippen MR) is 116 cm³/mol. The van der Waals surface area contributed by atoms with Crippen molar-refractivity contribution >= 4 is 28.7 Å². The van der Waals surface area contributed by atoms with Crippen LogP contribution in [0.4, 0.5) is 0 Å². The predicted octanol–water partition coefficient (Wildman–Crippen LogP) is 4.64. The van der Waals surface area contributed by atoms with Crippen LogP contribution in [0.25, 0.3) is 11.0 Å². The molecule has 148 valence electrons. The Kier molecular flexibility index (Phi) is 7.37. The summed E-state index contributed by atoms with van der Waals surface area (Å²) >= 11 is 1.77. The maximum absolute atomic E-state index is 12.5. The third-order valence-corrected chi connectivity index (χ3v) is 5.13. The highest BCUT2D eigenvalue weighted by Gasteiger charge is 2.18. The summed E-state index contributed by atoms with van der Waals surface area (Å²) in [4.78, 5) is 20.5. The van der Waals surface area contributed by atoms with Crippen molar-refractivity contribution in [3.63, 3.8) is 0 Å². The van der Waals surface area contributed by atoms with Crippen LogP contribution in [0.1, 0.15) is 36.7 Å². The van der Waals surface area contributed by atoms with Gasteiger partial charge in [-0.15, -0.1) is 0 Å². The number of ether oxygens (including phenoxy) is 1. The van der Waals surface area contributed by atoms with Crippen molar-refractivity contribution in [2.24, 2.45) is 0 Å². The van der Waals surface area contributed by atoms with Crippen LogP contribution in [0.15, 0.2) is 48.5 Å². The summed E-state index contributed by atoms with van der Waals surface area (Å²) in [6.07, 6.45) is 4.02. The van der Waals surface area contributed by atoms with E-state index in [4.69, 9.17) is 4.74 Å². The third-order valence-electron chi connectivity index (χ3n) is 4.49. The molecular weight excluding hydrogens is 370 g/mol. The maximum Gasteiger partial charge on any atom is 0.220 e. The number of thioether (sulfide) groups is 1. The molecule has 0 saturated carbocycles. The maximum atomic E-state index is 12.5.